The first-order chi connectivity index (χ1) is 15.5. The third-order valence-corrected chi connectivity index (χ3v) is 6.12. The molecule has 0 atom stereocenters. The van der Waals surface area contributed by atoms with Crippen molar-refractivity contribution in [3.05, 3.63) is 63.9 Å². The van der Waals surface area contributed by atoms with Gasteiger partial charge in [0.1, 0.15) is 11.6 Å². The molecule has 2 aromatic rings. The molecule has 1 heterocycles. The second-order valence-electron chi connectivity index (χ2n) is 7.97. The summed E-state index contributed by atoms with van der Waals surface area (Å²) >= 11 is 3.01. The van der Waals surface area contributed by atoms with Crippen LogP contribution in [0.3, 0.4) is 0 Å². The molecule has 1 aliphatic heterocycles. The third kappa shape index (κ3) is 5.92. The van der Waals surface area contributed by atoms with Crippen molar-refractivity contribution >= 4 is 27.9 Å². The van der Waals surface area contributed by atoms with Crippen LogP contribution in [0.4, 0.5) is 13.2 Å². The molecule has 174 valence electrons. The van der Waals surface area contributed by atoms with E-state index in [1.54, 1.807) is 17.0 Å². The minimum Gasteiger partial charge on any atom is -0.477 e. The first kappa shape index (κ1) is 24.7. The van der Waals surface area contributed by atoms with Crippen molar-refractivity contribution in [2.24, 2.45) is 5.41 Å². The van der Waals surface area contributed by atoms with Gasteiger partial charge in [-0.1, -0.05) is 28.1 Å². The minimum absolute atomic E-state index is 0.202. The summed E-state index contributed by atoms with van der Waals surface area (Å²) in [6.07, 6.45) is 1.39. The van der Waals surface area contributed by atoms with Gasteiger partial charge in [-0.25, -0.2) is 9.18 Å². The van der Waals surface area contributed by atoms with Gasteiger partial charge in [-0.3, -0.25) is 9.69 Å². The second-order valence-corrected chi connectivity index (χ2v) is 8.88. The summed E-state index contributed by atoms with van der Waals surface area (Å²) in [5.74, 6) is -8.30. The molecule has 1 saturated heterocycles. The Kier molecular flexibility index (Phi) is 7.44. The average molecular weight is 525 g/mol. The Morgan fingerprint density at radius 2 is 1.82 bits per heavy atom. The van der Waals surface area contributed by atoms with Crippen LogP contribution in [-0.4, -0.2) is 41.6 Å². The molecule has 33 heavy (non-hydrogen) atoms. The number of esters is 1. The Morgan fingerprint density at radius 3 is 2.39 bits per heavy atom. The van der Waals surface area contributed by atoms with Crippen molar-refractivity contribution in [2.75, 3.05) is 19.6 Å². The van der Waals surface area contributed by atoms with Crippen LogP contribution in [0, 0.1) is 22.6 Å². The van der Waals surface area contributed by atoms with Crippen LogP contribution < -0.4 is 4.74 Å². The number of carbonyl (C=O) groups is 2. The van der Waals surface area contributed by atoms with Crippen molar-refractivity contribution in [1.82, 2.24) is 4.90 Å². The number of piperidine rings is 1. The number of carboxylic acid groups (broad SMARTS) is 1. The number of benzene rings is 2. The lowest BCUT2D eigenvalue weighted by molar-refractivity contribution is -0.166. The predicted octanol–water partition coefficient (Wildman–Crippen LogP) is 4.52. The maximum absolute atomic E-state index is 14.1. The van der Waals surface area contributed by atoms with E-state index in [9.17, 15) is 28.0 Å². The largest absolute Gasteiger partial charge is 0.477 e. The van der Waals surface area contributed by atoms with Gasteiger partial charge < -0.3 is 9.84 Å². The van der Waals surface area contributed by atoms with Gasteiger partial charge in [-0.05, 0) is 55.2 Å². The quantitative estimate of drug-likeness (QED) is 0.423. The summed E-state index contributed by atoms with van der Waals surface area (Å²) < 4.78 is 46.6. The highest BCUT2D eigenvalue weighted by molar-refractivity contribution is 9.10. The summed E-state index contributed by atoms with van der Waals surface area (Å²) in [5.41, 5.74) is -0.743. The van der Waals surface area contributed by atoms with Gasteiger partial charge in [0.15, 0.2) is 0 Å². The van der Waals surface area contributed by atoms with Crippen molar-refractivity contribution in [1.29, 1.82) is 5.26 Å². The Balaban J connectivity index is 1.62. The molecular formula is C23H20BrF3N2O4. The lowest BCUT2D eigenvalue weighted by atomic mass is 9.75. The fourth-order valence-electron chi connectivity index (χ4n) is 3.75. The van der Waals surface area contributed by atoms with Gasteiger partial charge in [0.05, 0.1) is 23.6 Å². The number of nitrogens with zero attached hydrogens (tertiary/aromatic N) is 2. The van der Waals surface area contributed by atoms with E-state index in [4.69, 9.17) is 9.84 Å². The predicted molar refractivity (Wildman–Crippen MR) is 115 cm³/mol. The van der Waals surface area contributed by atoms with Crippen molar-refractivity contribution in [3.8, 4) is 11.8 Å². The molecule has 0 amide bonds. The molecule has 2 aromatic carbocycles. The number of halogens is 4. The van der Waals surface area contributed by atoms with Crippen LogP contribution in [0.15, 0.2) is 46.9 Å². The average Bonchev–Trinajstić information content (AvgIpc) is 2.78. The number of carbonyl (C=O) groups excluding carboxylic acids is 1. The van der Waals surface area contributed by atoms with Gasteiger partial charge in [0, 0.05) is 17.6 Å². The molecule has 0 aromatic heterocycles. The number of likely N-dealkylation sites (tertiary alicyclic amines) is 1. The highest BCUT2D eigenvalue weighted by Crippen LogP contribution is 2.38. The normalized spacial score (nSPS) is 16.1. The smallest absolute Gasteiger partial charge is 0.379 e. The van der Waals surface area contributed by atoms with Gasteiger partial charge in [-0.15, -0.1) is 0 Å². The van der Waals surface area contributed by atoms with Crippen LogP contribution in [0.5, 0.6) is 5.75 Å². The highest BCUT2D eigenvalue weighted by Gasteiger charge is 2.44. The molecule has 0 spiro atoms. The van der Waals surface area contributed by atoms with Crippen LogP contribution in [0.2, 0.25) is 0 Å². The zero-order chi connectivity index (χ0) is 24.2. The standard InChI is InChI=1S/C23H20BrF3N2O4/c24-16-3-6-19(18(11-16)23(26,27)21(31)32)33-20(30)13-29-9-7-22(14-28,8-10-29)12-15-1-4-17(25)5-2-15/h1-6,11H,7-10,12-13H2,(H,31,32). The lowest BCUT2D eigenvalue weighted by Gasteiger charge is -2.37. The SMILES string of the molecule is N#CC1(Cc2ccc(F)cc2)CCN(CC(=O)Oc2ccc(Br)cc2C(F)(F)C(=O)O)CC1. The summed E-state index contributed by atoms with van der Waals surface area (Å²) in [6.45, 7) is 0.608. The minimum atomic E-state index is -4.24. The van der Waals surface area contributed by atoms with Crippen LogP contribution in [-0.2, 0) is 21.9 Å². The number of nitriles is 1. The number of carboxylic acids is 1. The van der Waals surface area contributed by atoms with Gasteiger partial charge in [0.25, 0.3) is 0 Å². The molecule has 0 bridgehead atoms. The van der Waals surface area contributed by atoms with Crippen LogP contribution in [0.1, 0.15) is 24.0 Å². The van der Waals surface area contributed by atoms with E-state index in [1.165, 1.54) is 18.2 Å². The molecule has 0 saturated carbocycles. The van der Waals surface area contributed by atoms with E-state index in [1.807, 2.05) is 0 Å². The molecule has 0 unspecified atom stereocenters. The van der Waals surface area contributed by atoms with Gasteiger partial charge in [-0.2, -0.15) is 14.0 Å². The number of hydrogen-bond donors (Lipinski definition) is 1. The monoisotopic (exact) mass is 524 g/mol. The Hall–Kier alpha value is -2.90. The van der Waals surface area contributed by atoms with Gasteiger partial charge >= 0.3 is 17.9 Å². The van der Waals surface area contributed by atoms with Crippen molar-refractivity contribution < 1.29 is 32.6 Å². The fourth-order valence-corrected chi connectivity index (χ4v) is 4.11. The van der Waals surface area contributed by atoms with E-state index < -0.39 is 34.6 Å². The van der Waals surface area contributed by atoms with Crippen LogP contribution >= 0.6 is 15.9 Å². The number of alkyl halides is 2. The van der Waals surface area contributed by atoms with E-state index in [0.717, 1.165) is 17.7 Å². The molecule has 1 N–H and O–H groups in total. The summed E-state index contributed by atoms with van der Waals surface area (Å²) in [7, 11) is 0. The Labute approximate surface area is 196 Å². The molecule has 10 heteroatoms. The topological polar surface area (TPSA) is 90.6 Å². The molecular weight excluding hydrogens is 505 g/mol. The summed E-state index contributed by atoms with van der Waals surface area (Å²) in [5, 5.41) is 18.6. The maximum Gasteiger partial charge on any atom is 0.379 e. The number of rotatable bonds is 7. The number of aliphatic carboxylic acids is 1. The van der Waals surface area contributed by atoms with Gasteiger partial charge in [0.2, 0.25) is 0 Å². The number of hydrogen-bond acceptors (Lipinski definition) is 5. The first-order valence-corrected chi connectivity index (χ1v) is 10.8. The van der Waals surface area contributed by atoms with E-state index in [-0.39, 0.29) is 16.8 Å². The van der Waals surface area contributed by atoms with E-state index in [2.05, 4.69) is 22.0 Å². The molecule has 6 nitrogen and oxygen atoms in total. The second kappa shape index (κ2) is 9.93. The van der Waals surface area contributed by atoms with E-state index >= 15 is 0 Å². The zero-order valence-electron chi connectivity index (χ0n) is 17.4. The molecule has 0 radical (unpaired) electrons. The highest BCUT2D eigenvalue weighted by atomic mass is 79.9. The first-order valence-electron chi connectivity index (χ1n) is 10.0. The molecule has 3 rings (SSSR count). The summed E-state index contributed by atoms with van der Waals surface area (Å²) in [4.78, 5) is 25.1. The summed E-state index contributed by atoms with van der Waals surface area (Å²) in [6, 6.07) is 11.7. The molecule has 1 aliphatic rings. The lowest BCUT2D eigenvalue weighted by Crippen LogP contribution is -2.43. The molecule has 0 aliphatic carbocycles. The maximum atomic E-state index is 14.1. The van der Waals surface area contributed by atoms with Crippen molar-refractivity contribution in [3.63, 3.8) is 0 Å². The van der Waals surface area contributed by atoms with Crippen LogP contribution in [0.25, 0.3) is 0 Å². The van der Waals surface area contributed by atoms with Crippen molar-refractivity contribution in [2.45, 2.75) is 25.2 Å². The Morgan fingerprint density at radius 1 is 1.18 bits per heavy atom. The third-order valence-electron chi connectivity index (χ3n) is 5.63. The Bertz CT molecular complexity index is 1080. The number of ether oxygens (including phenoxy) is 1. The molecule has 1 fully saturated rings. The fraction of sp³-hybridized carbons (Fsp3) is 0.348. The van der Waals surface area contributed by atoms with E-state index in [0.29, 0.717) is 32.4 Å². The zero-order valence-corrected chi connectivity index (χ0v) is 18.9.